The second kappa shape index (κ2) is 8.20. The van der Waals surface area contributed by atoms with Crippen LogP contribution in [0.25, 0.3) is 0 Å². The zero-order valence-electron chi connectivity index (χ0n) is 16.3. The lowest BCUT2D eigenvalue weighted by molar-refractivity contribution is 0.0657. The maximum absolute atomic E-state index is 13.9. The van der Waals surface area contributed by atoms with Gasteiger partial charge < -0.3 is 4.90 Å². The molecule has 0 saturated carbocycles. The molecule has 1 atom stereocenters. The summed E-state index contributed by atoms with van der Waals surface area (Å²) in [6, 6.07) is 13.5. The zero-order chi connectivity index (χ0) is 21.3. The minimum Gasteiger partial charge on any atom is -0.331 e. The standard InChI is InChI=1S/C22H21FN2O3S2/c1-2-20-17-11-13-29-21(17)10-12-25(20)22(26)15-6-5-7-16(14-15)30(27,28)24-19-9-4-3-8-18(19)23/h3-9,11,13-14,20,24H,2,10,12H2,1H3/t20-/m1/s1. The Kier molecular flexibility index (Phi) is 5.62. The van der Waals surface area contributed by atoms with E-state index in [0.29, 0.717) is 12.1 Å². The molecule has 1 aromatic heterocycles. The number of carbonyl (C=O) groups excluding carboxylic acids is 1. The quantitative estimate of drug-likeness (QED) is 0.613. The van der Waals surface area contributed by atoms with Gasteiger partial charge in [-0.05, 0) is 60.2 Å². The van der Waals surface area contributed by atoms with Crippen LogP contribution in [0.3, 0.4) is 0 Å². The number of thiophene rings is 1. The summed E-state index contributed by atoms with van der Waals surface area (Å²) < 4.78 is 41.6. The molecule has 1 amide bonds. The Morgan fingerprint density at radius 2 is 2.00 bits per heavy atom. The van der Waals surface area contributed by atoms with E-state index in [9.17, 15) is 17.6 Å². The molecule has 5 nitrogen and oxygen atoms in total. The highest BCUT2D eigenvalue weighted by Crippen LogP contribution is 2.36. The molecule has 1 N–H and O–H groups in total. The summed E-state index contributed by atoms with van der Waals surface area (Å²) in [5, 5.41) is 2.04. The molecule has 2 aromatic carbocycles. The van der Waals surface area contributed by atoms with E-state index >= 15 is 0 Å². The van der Waals surface area contributed by atoms with E-state index in [2.05, 4.69) is 10.8 Å². The largest absolute Gasteiger partial charge is 0.331 e. The third kappa shape index (κ3) is 3.85. The fourth-order valence-corrected chi connectivity index (χ4v) is 5.83. The summed E-state index contributed by atoms with van der Waals surface area (Å²) in [6.07, 6.45) is 1.57. The van der Waals surface area contributed by atoms with Crippen LogP contribution in [0.1, 0.15) is 40.2 Å². The molecule has 156 valence electrons. The Morgan fingerprint density at radius 3 is 2.77 bits per heavy atom. The van der Waals surface area contributed by atoms with Crippen LogP contribution >= 0.6 is 11.3 Å². The van der Waals surface area contributed by atoms with Gasteiger partial charge in [-0.2, -0.15) is 0 Å². The molecule has 0 bridgehead atoms. The molecule has 0 fully saturated rings. The van der Waals surface area contributed by atoms with Gasteiger partial charge in [0.25, 0.3) is 15.9 Å². The van der Waals surface area contributed by atoms with Crippen LogP contribution in [0.2, 0.25) is 0 Å². The van der Waals surface area contributed by atoms with Crippen LogP contribution in [0, 0.1) is 5.82 Å². The molecular weight excluding hydrogens is 423 g/mol. The first-order valence-electron chi connectivity index (χ1n) is 9.65. The summed E-state index contributed by atoms with van der Waals surface area (Å²) >= 11 is 1.71. The number of hydrogen-bond donors (Lipinski definition) is 1. The number of halogens is 1. The van der Waals surface area contributed by atoms with E-state index in [-0.39, 0.29) is 22.5 Å². The number of benzene rings is 2. The lowest BCUT2D eigenvalue weighted by Gasteiger charge is -2.35. The normalized spacial score (nSPS) is 16.2. The summed E-state index contributed by atoms with van der Waals surface area (Å²) in [4.78, 5) is 16.3. The van der Waals surface area contributed by atoms with Gasteiger partial charge in [-0.15, -0.1) is 11.3 Å². The van der Waals surface area contributed by atoms with Crippen molar-refractivity contribution in [2.75, 3.05) is 11.3 Å². The smallest absolute Gasteiger partial charge is 0.262 e. The molecule has 30 heavy (non-hydrogen) atoms. The van der Waals surface area contributed by atoms with Gasteiger partial charge in [0.1, 0.15) is 5.82 Å². The van der Waals surface area contributed by atoms with E-state index < -0.39 is 15.8 Å². The van der Waals surface area contributed by atoms with E-state index in [1.807, 2.05) is 17.2 Å². The summed E-state index contributed by atoms with van der Waals surface area (Å²) in [6.45, 7) is 2.63. The van der Waals surface area contributed by atoms with Crippen molar-refractivity contribution >= 4 is 33.0 Å². The Bertz CT molecular complexity index is 1190. The molecule has 1 aliphatic heterocycles. The first-order chi connectivity index (χ1) is 14.4. The van der Waals surface area contributed by atoms with Crippen molar-refractivity contribution in [3.05, 3.63) is 81.8 Å². The highest BCUT2D eigenvalue weighted by Gasteiger charge is 2.31. The number of nitrogens with zero attached hydrogens (tertiary/aromatic N) is 1. The number of sulfonamides is 1. The fourth-order valence-electron chi connectivity index (χ4n) is 3.79. The number of amides is 1. The molecule has 0 unspecified atom stereocenters. The maximum atomic E-state index is 13.9. The maximum Gasteiger partial charge on any atom is 0.262 e. The van der Waals surface area contributed by atoms with Crippen molar-refractivity contribution in [2.24, 2.45) is 0 Å². The van der Waals surface area contributed by atoms with Crippen molar-refractivity contribution in [1.29, 1.82) is 0 Å². The van der Waals surface area contributed by atoms with Gasteiger partial charge in [-0.3, -0.25) is 9.52 Å². The number of anilines is 1. The van der Waals surface area contributed by atoms with Crippen molar-refractivity contribution in [2.45, 2.75) is 30.7 Å². The fraction of sp³-hybridized carbons (Fsp3) is 0.227. The molecule has 1 aliphatic rings. The molecular formula is C22H21FN2O3S2. The molecule has 0 saturated heterocycles. The van der Waals surface area contributed by atoms with Crippen LogP contribution in [-0.2, 0) is 16.4 Å². The lowest BCUT2D eigenvalue weighted by atomic mass is 9.97. The van der Waals surface area contributed by atoms with Crippen molar-refractivity contribution in [3.63, 3.8) is 0 Å². The topological polar surface area (TPSA) is 66.5 Å². The highest BCUT2D eigenvalue weighted by atomic mass is 32.2. The number of carbonyl (C=O) groups is 1. The second-order valence-corrected chi connectivity index (χ2v) is 9.77. The number of fused-ring (bicyclic) bond motifs is 1. The van der Waals surface area contributed by atoms with Gasteiger partial charge in [0.05, 0.1) is 16.6 Å². The van der Waals surface area contributed by atoms with Gasteiger partial charge in [0.2, 0.25) is 0 Å². The monoisotopic (exact) mass is 444 g/mol. The van der Waals surface area contributed by atoms with Gasteiger partial charge in [0, 0.05) is 17.0 Å². The second-order valence-electron chi connectivity index (χ2n) is 7.08. The minimum absolute atomic E-state index is 0.0238. The first-order valence-corrected chi connectivity index (χ1v) is 12.0. The molecule has 0 spiro atoms. The van der Waals surface area contributed by atoms with Crippen LogP contribution < -0.4 is 4.72 Å². The molecule has 8 heteroatoms. The van der Waals surface area contributed by atoms with Crippen LogP contribution in [0.5, 0.6) is 0 Å². The average Bonchev–Trinajstić information content (AvgIpc) is 3.23. The van der Waals surface area contributed by atoms with E-state index in [0.717, 1.165) is 12.8 Å². The van der Waals surface area contributed by atoms with E-state index in [4.69, 9.17) is 0 Å². The number of hydrogen-bond acceptors (Lipinski definition) is 4. The van der Waals surface area contributed by atoms with Gasteiger partial charge in [-0.1, -0.05) is 25.1 Å². The van der Waals surface area contributed by atoms with Crippen molar-refractivity contribution < 1.29 is 17.6 Å². The van der Waals surface area contributed by atoms with Crippen LogP contribution in [0.15, 0.2) is 64.9 Å². The molecule has 0 radical (unpaired) electrons. The highest BCUT2D eigenvalue weighted by molar-refractivity contribution is 7.92. The predicted molar refractivity (Wildman–Crippen MR) is 116 cm³/mol. The summed E-state index contributed by atoms with van der Waals surface area (Å²) in [5.41, 5.74) is 1.33. The summed E-state index contributed by atoms with van der Waals surface area (Å²) in [7, 11) is -4.04. The zero-order valence-corrected chi connectivity index (χ0v) is 18.0. The first kappa shape index (κ1) is 20.6. The Labute approximate surface area is 179 Å². The third-order valence-electron chi connectivity index (χ3n) is 5.25. The Hall–Kier alpha value is -2.71. The predicted octanol–water partition coefficient (Wildman–Crippen LogP) is 4.84. The van der Waals surface area contributed by atoms with Crippen molar-refractivity contribution in [3.8, 4) is 0 Å². The average molecular weight is 445 g/mol. The van der Waals surface area contributed by atoms with Gasteiger partial charge in [0.15, 0.2) is 0 Å². The Morgan fingerprint density at radius 1 is 1.20 bits per heavy atom. The molecule has 0 aliphatic carbocycles. The van der Waals surface area contributed by atoms with Gasteiger partial charge >= 0.3 is 0 Å². The lowest BCUT2D eigenvalue weighted by Crippen LogP contribution is -2.39. The van der Waals surface area contributed by atoms with Crippen molar-refractivity contribution in [1.82, 2.24) is 4.90 Å². The number of para-hydroxylation sites is 1. The molecule has 3 aromatic rings. The van der Waals surface area contributed by atoms with Crippen LogP contribution in [-0.4, -0.2) is 25.8 Å². The third-order valence-corrected chi connectivity index (χ3v) is 7.61. The molecule has 2 heterocycles. The van der Waals surface area contributed by atoms with E-state index in [1.54, 1.807) is 23.5 Å². The van der Waals surface area contributed by atoms with Crippen LogP contribution in [0.4, 0.5) is 10.1 Å². The molecule has 4 rings (SSSR count). The number of nitrogens with one attached hydrogen (secondary N) is 1. The van der Waals surface area contributed by atoms with Gasteiger partial charge in [-0.25, -0.2) is 12.8 Å². The summed E-state index contributed by atoms with van der Waals surface area (Å²) in [5.74, 6) is -0.874. The number of rotatable bonds is 5. The SMILES string of the molecule is CC[C@@H]1c2ccsc2CCN1C(=O)c1cccc(S(=O)(=O)Nc2ccccc2F)c1. The minimum atomic E-state index is -4.04. The Balaban J connectivity index is 1.62. The van der Waals surface area contributed by atoms with E-state index in [1.165, 1.54) is 46.8 Å².